The summed E-state index contributed by atoms with van der Waals surface area (Å²) in [6.45, 7) is 1.93. The molecule has 2 fully saturated rings. The summed E-state index contributed by atoms with van der Waals surface area (Å²) in [6, 6.07) is 6.80. The number of hydrogen-bond acceptors (Lipinski definition) is 4. The third kappa shape index (κ3) is 3.01. The van der Waals surface area contributed by atoms with E-state index < -0.39 is 10.0 Å². The number of nitrogens with one attached hydrogen (secondary N) is 1. The van der Waals surface area contributed by atoms with Crippen molar-refractivity contribution in [3.63, 3.8) is 0 Å². The molecule has 2 heterocycles. The molecular formula is C14H18N2O2S2. The van der Waals surface area contributed by atoms with Gasteiger partial charge in [-0.2, -0.15) is 25.3 Å². The van der Waals surface area contributed by atoms with Crippen LogP contribution in [-0.2, 0) is 10.0 Å². The molecule has 2 aliphatic rings. The Morgan fingerprint density at radius 2 is 1.75 bits per heavy atom. The van der Waals surface area contributed by atoms with E-state index >= 15 is 0 Å². The fourth-order valence-corrected chi connectivity index (χ4v) is 5.19. The quantitative estimate of drug-likeness (QED) is 0.873. The molecule has 1 N–H and O–H groups in total. The highest BCUT2D eigenvalue weighted by molar-refractivity contribution is 8.00. The SMILES string of the molecule is Cc1ccc(S(=O)(=O)NN=C2CC3CCC(C2)S3)cc1. The van der Waals surface area contributed by atoms with Gasteiger partial charge in [0, 0.05) is 16.2 Å². The summed E-state index contributed by atoms with van der Waals surface area (Å²) in [4.78, 5) is 2.65. The van der Waals surface area contributed by atoms with Crippen LogP contribution in [0.4, 0.5) is 0 Å². The van der Waals surface area contributed by atoms with Gasteiger partial charge >= 0.3 is 0 Å². The third-order valence-corrected chi connectivity index (χ3v) is 6.58. The monoisotopic (exact) mass is 310 g/mol. The van der Waals surface area contributed by atoms with Gasteiger partial charge in [-0.1, -0.05) is 17.7 Å². The van der Waals surface area contributed by atoms with Gasteiger partial charge in [-0.05, 0) is 44.7 Å². The van der Waals surface area contributed by atoms with Gasteiger partial charge in [-0.15, -0.1) is 0 Å². The van der Waals surface area contributed by atoms with Crippen molar-refractivity contribution in [2.45, 2.75) is 48.0 Å². The zero-order chi connectivity index (χ0) is 14.2. The van der Waals surface area contributed by atoms with Crippen molar-refractivity contribution in [1.29, 1.82) is 0 Å². The fourth-order valence-electron chi connectivity index (χ4n) is 2.68. The van der Waals surface area contributed by atoms with Crippen molar-refractivity contribution in [1.82, 2.24) is 4.83 Å². The average molecular weight is 310 g/mol. The molecule has 6 heteroatoms. The van der Waals surface area contributed by atoms with Crippen LogP contribution in [0, 0.1) is 6.92 Å². The lowest BCUT2D eigenvalue weighted by Crippen LogP contribution is -2.24. The topological polar surface area (TPSA) is 58.5 Å². The van der Waals surface area contributed by atoms with Gasteiger partial charge in [0.15, 0.2) is 0 Å². The van der Waals surface area contributed by atoms with Crippen LogP contribution in [0.3, 0.4) is 0 Å². The maximum Gasteiger partial charge on any atom is 0.276 e. The van der Waals surface area contributed by atoms with Crippen LogP contribution >= 0.6 is 11.8 Å². The van der Waals surface area contributed by atoms with Crippen molar-refractivity contribution in [3.8, 4) is 0 Å². The second-order valence-corrected chi connectivity index (χ2v) is 8.72. The number of hydrogen-bond donors (Lipinski definition) is 1. The molecule has 0 aliphatic carbocycles. The molecule has 0 spiro atoms. The van der Waals surface area contributed by atoms with E-state index in [0.29, 0.717) is 10.5 Å². The van der Waals surface area contributed by atoms with Crippen LogP contribution in [0.2, 0.25) is 0 Å². The summed E-state index contributed by atoms with van der Waals surface area (Å²) in [5.74, 6) is 0. The van der Waals surface area contributed by atoms with Crippen molar-refractivity contribution < 1.29 is 8.42 Å². The molecule has 4 nitrogen and oxygen atoms in total. The lowest BCUT2D eigenvalue weighted by Gasteiger charge is -2.20. The van der Waals surface area contributed by atoms with Gasteiger partial charge in [0.1, 0.15) is 0 Å². The van der Waals surface area contributed by atoms with E-state index in [1.54, 1.807) is 24.3 Å². The highest BCUT2D eigenvalue weighted by Crippen LogP contribution is 2.42. The lowest BCUT2D eigenvalue weighted by molar-refractivity contribution is 0.584. The van der Waals surface area contributed by atoms with Gasteiger partial charge in [0.05, 0.1) is 4.90 Å². The third-order valence-electron chi connectivity index (χ3n) is 3.78. The van der Waals surface area contributed by atoms with Gasteiger partial charge in [0.2, 0.25) is 0 Å². The average Bonchev–Trinajstić information content (AvgIpc) is 2.76. The standard InChI is InChI=1S/C14H18N2O2S2/c1-10-2-6-14(7-3-10)20(17,18)16-15-11-8-12-4-5-13(9-11)19-12/h2-3,6-7,12-13,16H,4-5,8-9H2,1H3. The molecule has 2 atom stereocenters. The maximum atomic E-state index is 12.1. The minimum Gasteiger partial charge on any atom is -0.200 e. The summed E-state index contributed by atoms with van der Waals surface area (Å²) in [7, 11) is -3.54. The Balaban J connectivity index is 1.72. The van der Waals surface area contributed by atoms with E-state index in [1.807, 2.05) is 18.7 Å². The normalized spacial score (nSPS) is 25.6. The summed E-state index contributed by atoms with van der Waals surface area (Å²) < 4.78 is 24.3. The van der Waals surface area contributed by atoms with Crippen LogP contribution in [0.5, 0.6) is 0 Å². The molecule has 20 heavy (non-hydrogen) atoms. The number of nitrogens with zero attached hydrogens (tertiary/aromatic N) is 1. The van der Waals surface area contributed by atoms with Gasteiger partial charge in [-0.25, -0.2) is 4.83 Å². The van der Waals surface area contributed by atoms with E-state index in [2.05, 4.69) is 9.93 Å². The van der Waals surface area contributed by atoms with E-state index in [9.17, 15) is 8.42 Å². The Morgan fingerprint density at radius 3 is 2.35 bits per heavy atom. The number of rotatable bonds is 3. The first-order valence-corrected chi connectivity index (χ1v) is 9.25. The molecule has 2 saturated heterocycles. The summed E-state index contributed by atoms with van der Waals surface area (Å²) in [5, 5.41) is 5.43. The molecule has 2 unspecified atom stereocenters. The smallest absolute Gasteiger partial charge is 0.200 e. The number of benzene rings is 1. The Hall–Kier alpha value is -1.01. The zero-order valence-corrected chi connectivity index (χ0v) is 13.0. The minimum atomic E-state index is -3.54. The van der Waals surface area contributed by atoms with E-state index in [4.69, 9.17) is 0 Å². The number of fused-ring (bicyclic) bond motifs is 2. The van der Waals surface area contributed by atoms with Gasteiger partial charge in [-0.3, -0.25) is 0 Å². The summed E-state index contributed by atoms with van der Waals surface area (Å²) in [5.41, 5.74) is 2.03. The van der Waals surface area contributed by atoms with E-state index in [0.717, 1.165) is 24.1 Å². The van der Waals surface area contributed by atoms with E-state index in [1.165, 1.54) is 12.8 Å². The molecule has 2 bridgehead atoms. The largest absolute Gasteiger partial charge is 0.276 e. The molecule has 0 radical (unpaired) electrons. The van der Waals surface area contributed by atoms with Crippen molar-refractivity contribution in [3.05, 3.63) is 29.8 Å². The molecular weight excluding hydrogens is 292 g/mol. The Labute approximate surface area is 124 Å². The molecule has 0 saturated carbocycles. The Bertz CT molecular complexity index is 609. The predicted molar refractivity (Wildman–Crippen MR) is 82.6 cm³/mol. The van der Waals surface area contributed by atoms with Gasteiger partial charge < -0.3 is 0 Å². The Kier molecular flexibility index (Phi) is 3.77. The lowest BCUT2D eigenvalue weighted by atomic mass is 10.1. The van der Waals surface area contributed by atoms with Crippen molar-refractivity contribution in [2.24, 2.45) is 5.10 Å². The molecule has 0 aromatic heterocycles. The molecule has 0 amide bonds. The summed E-state index contributed by atoms with van der Waals surface area (Å²) in [6.07, 6.45) is 4.30. The molecule has 3 rings (SSSR count). The first-order chi connectivity index (χ1) is 9.53. The summed E-state index contributed by atoms with van der Waals surface area (Å²) >= 11 is 2.03. The van der Waals surface area contributed by atoms with Crippen molar-refractivity contribution >= 4 is 27.5 Å². The van der Waals surface area contributed by atoms with Crippen LogP contribution in [-0.4, -0.2) is 24.6 Å². The van der Waals surface area contributed by atoms with Crippen LogP contribution < -0.4 is 4.83 Å². The second-order valence-electron chi connectivity index (χ2n) is 5.45. The van der Waals surface area contributed by atoms with Crippen LogP contribution in [0.25, 0.3) is 0 Å². The Morgan fingerprint density at radius 1 is 1.15 bits per heavy atom. The molecule has 2 aliphatic heterocycles. The number of sulfonamides is 1. The van der Waals surface area contributed by atoms with Crippen LogP contribution in [0.1, 0.15) is 31.2 Å². The molecule has 1 aromatic rings. The maximum absolute atomic E-state index is 12.1. The zero-order valence-electron chi connectivity index (χ0n) is 11.4. The van der Waals surface area contributed by atoms with Crippen molar-refractivity contribution in [2.75, 3.05) is 0 Å². The van der Waals surface area contributed by atoms with Gasteiger partial charge in [0.25, 0.3) is 10.0 Å². The number of thioether (sulfide) groups is 1. The predicted octanol–water partition coefficient (Wildman–Crippen LogP) is 2.69. The van der Waals surface area contributed by atoms with E-state index in [-0.39, 0.29) is 4.90 Å². The highest BCUT2D eigenvalue weighted by Gasteiger charge is 2.32. The molecule has 108 valence electrons. The minimum absolute atomic E-state index is 0.264. The number of hydrazone groups is 1. The molecule has 1 aromatic carbocycles. The first-order valence-electron chi connectivity index (χ1n) is 6.82. The fraction of sp³-hybridized carbons (Fsp3) is 0.500. The van der Waals surface area contributed by atoms with Crippen LogP contribution in [0.15, 0.2) is 34.3 Å². The number of aryl methyl sites for hydroxylation is 1. The highest BCUT2D eigenvalue weighted by atomic mass is 32.2. The second kappa shape index (κ2) is 5.41. The first kappa shape index (κ1) is 13.9.